The van der Waals surface area contributed by atoms with E-state index in [4.69, 9.17) is 14.7 Å². The molecule has 0 radical (unpaired) electrons. The normalized spacial score (nSPS) is 19.7. The highest BCUT2D eigenvalue weighted by atomic mass is 16.5. The van der Waals surface area contributed by atoms with E-state index in [-0.39, 0.29) is 6.04 Å². The van der Waals surface area contributed by atoms with E-state index in [1.165, 1.54) is 0 Å². The van der Waals surface area contributed by atoms with E-state index in [0.717, 1.165) is 39.2 Å². The fraction of sp³-hybridized carbons (Fsp3) is 0.909. The van der Waals surface area contributed by atoms with Gasteiger partial charge in [0.1, 0.15) is 6.04 Å². The Bertz CT molecular complexity index is 197. The summed E-state index contributed by atoms with van der Waals surface area (Å²) in [6.07, 6.45) is 2.16. The molecule has 1 aliphatic rings. The van der Waals surface area contributed by atoms with Gasteiger partial charge in [-0.15, -0.1) is 0 Å². The fourth-order valence-corrected chi connectivity index (χ4v) is 1.65. The minimum Gasteiger partial charge on any atom is -0.381 e. The lowest BCUT2D eigenvalue weighted by Gasteiger charge is -2.22. The zero-order valence-electron chi connectivity index (χ0n) is 9.37. The molecule has 1 unspecified atom stereocenters. The van der Waals surface area contributed by atoms with Crippen molar-refractivity contribution in [1.29, 1.82) is 5.26 Å². The third-order valence-corrected chi connectivity index (χ3v) is 2.59. The molecule has 1 heterocycles. The molecule has 0 bridgehead atoms. The van der Waals surface area contributed by atoms with Gasteiger partial charge in [-0.1, -0.05) is 6.92 Å². The predicted octanol–water partition coefficient (Wildman–Crippen LogP) is 0.931. The van der Waals surface area contributed by atoms with Gasteiger partial charge in [-0.05, 0) is 25.3 Å². The van der Waals surface area contributed by atoms with Gasteiger partial charge >= 0.3 is 0 Å². The van der Waals surface area contributed by atoms with Crippen molar-refractivity contribution in [2.45, 2.75) is 25.8 Å². The number of likely N-dealkylation sites (N-methyl/N-ethyl adjacent to an activating group) is 1. The molecular formula is C11H20N2O2. The third kappa shape index (κ3) is 5.12. The van der Waals surface area contributed by atoms with Gasteiger partial charge < -0.3 is 14.8 Å². The number of hydrogen-bond donors (Lipinski definition) is 1. The van der Waals surface area contributed by atoms with Crippen LogP contribution in [0.3, 0.4) is 0 Å². The van der Waals surface area contributed by atoms with E-state index in [0.29, 0.717) is 12.5 Å². The van der Waals surface area contributed by atoms with Crippen LogP contribution in [0.25, 0.3) is 0 Å². The molecule has 0 aliphatic carbocycles. The summed E-state index contributed by atoms with van der Waals surface area (Å²) >= 11 is 0. The van der Waals surface area contributed by atoms with Crippen molar-refractivity contribution in [3.05, 3.63) is 0 Å². The van der Waals surface area contributed by atoms with Crippen molar-refractivity contribution in [3.63, 3.8) is 0 Å². The molecule has 1 atom stereocenters. The van der Waals surface area contributed by atoms with Gasteiger partial charge in [-0.25, -0.2) is 0 Å². The van der Waals surface area contributed by atoms with E-state index in [1.807, 2.05) is 6.92 Å². The molecule has 0 aromatic carbocycles. The second-order valence-corrected chi connectivity index (χ2v) is 3.83. The van der Waals surface area contributed by atoms with Gasteiger partial charge in [0, 0.05) is 19.8 Å². The van der Waals surface area contributed by atoms with Gasteiger partial charge in [0.05, 0.1) is 12.7 Å². The van der Waals surface area contributed by atoms with Gasteiger partial charge in [0.15, 0.2) is 0 Å². The molecule has 1 N–H and O–H groups in total. The van der Waals surface area contributed by atoms with Crippen LogP contribution in [-0.2, 0) is 9.47 Å². The van der Waals surface area contributed by atoms with Crippen molar-refractivity contribution < 1.29 is 9.47 Å². The summed E-state index contributed by atoms with van der Waals surface area (Å²) in [6.45, 7) is 5.74. The highest BCUT2D eigenvalue weighted by molar-refractivity contribution is 4.89. The summed E-state index contributed by atoms with van der Waals surface area (Å²) in [6, 6.07) is 2.01. The molecule has 0 saturated carbocycles. The highest BCUT2D eigenvalue weighted by Crippen LogP contribution is 2.14. The molecule has 1 fully saturated rings. The van der Waals surface area contributed by atoms with Crippen LogP contribution < -0.4 is 5.32 Å². The number of rotatable bonds is 6. The first-order valence-electron chi connectivity index (χ1n) is 5.65. The summed E-state index contributed by atoms with van der Waals surface area (Å²) < 4.78 is 10.8. The maximum absolute atomic E-state index is 8.78. The molecule has 1 rings (SSSR count). The van der Waals surface area contributed by atoms with Gasteiger partial charge in [-0.3, -0.25) is 0 Å². The molecule has 1 aliphatic heterocycles. The minimum atomic E-state index is -0.171. The SMILES string of the molecule is CCNC(C#N)COCC1CCOCC1. The first-order valence-corrected chi connectivity index (χ1v) is 5.65. The Morgan fingerprint density at radius 3 is 2.87 bits per heavy atom. The molecule has 4 heteroatoms. The summed E-state index contributed by atoms with van der Waals surface area (Å²) in [5, 5.41) is 11.8. The average Bonchev–Trinajstić information content (AvgIpc) is 2.29. The van der Waals surface area contributed by atoms with Gasteiger partial charge in [0.2, 0.25) is 0 Å². The van der Waals surface area contributed by atoms with E-state index in [9.17, 15) is 0 Å². The average molecular weight is 212 g/mol. The van der Waals surface area contributed by atoms with Crippen molar-refractivity contribution in [1.82, 2.24) is 5.32 Å². The molecule has 0 aromatic heterocycles. The van der Waals surface area contributed by atoms with E-state index < -0.39 is 0 Å². The molecule has 0 amide bonds. The molecule has 0 aromatic rings. The number of ether oxygens (including phenoxy) is 2. The maximum atomic E-state index is 8.78. The Labute approximate surface area is 91.6 Å². The van der Waals surface area contributed by atoms with Crippen LogP contribution in [0.4, 0.5) is 0 Å². The van der Waals surface area contributed by atoms with E-state index >= 15 is 0 Å². The second kappa shape index (κ2) is 7.63. The van der Waals surface area contributed by atoms with E-state index in [1.54, 1.807) is 0 Å². The van der Waals surface area contributed by atoms with E-state index in [2.05, 4.69) is 11.4 Å². The van der Waals surface area contributed by atoms with Crippen molar-refractivity contribution in [2.24, 2.45) is 5.92 Å². The first kappa shape index (κ1) is 12.4. The summed E-state index contributed by atoms with van der Waals surface area (Å²) in [5.41, 5.74) is 0. The molecule has 4 nitrogen and oxygen atoms in total. The van der Waals surface area contributed by atoms with Crippen molar-refractivity contribution in [3.8, 4) is 6.07 Å². The lowest BCUT2D eigenvalue weighted by atomic mass is 10.0. The van der Waals surface area contributed by atoms with Gasteiger partial charge in [-0.2, -0.15) is 5.26 Å². The Hall–Kier alpha value is -0.630. The predicted molar refractivity (Wildman–Crippen MR) is 57.4 cm³/mol. The zero-order valence-corrected chi connectivity index (χ0v) is 9.37. The summed E-state index contributed by atoms with van der Waals surface area (Å²) in [4.78, 5) is 0. The number of hydrogen-bond acceptors (Lipinski definition) is 4. The quantitative estimate of drug-likeness (QED) is 0.711. The second-order valence-electron chi connectivity index (χ2n) is 3.83. The highest BCUT2D eigenvalue weighted by Gasteiger charge is 2.14. The zero-order chi connectivity index (χ0) is 10.9. The number of nitrogens with zero attached hydrogens (tertiary/aromatic N) is 1. The Morgan fingerprint density at radius 1 is 1.53 bits per heavy atom. The number of nitriles is 1. The summed E-state index contributed by atoms with van der Waals surface area (Å²) in [7, 11) is 0. The Morgan fingerprint density at radius 2 is 2.27 bits per heavy atom. The molecule has 0 spiro atoms. The molecule has 1 saturated heterocycles. The fourth-order valence-electron chi connectivity index (χ4n) is 1.65. The van der Waals surface area contributed by atoms with Crippen LogP contribution in [0.5, 0.6) is 0 Å². The summed E-state index contributed by atoms with van der Waals surface area (Å²) in [5.74, 6) is 0.611. The van der Waals surface area contributed by atoms with Crippen LogP contribution in [0.1, 0.15) is 19.8 Å². The molecule has 15 heavy (non-hydrogen) atoms. The van der Waals surface area contributed by atoms with Crippen LogP contribution in [0.15, 0.2) is 0 Å². The Balaban J connectivity index is 2.06. The third-order valence-electron chi connectivity index (χ3n) is 2.59. The standard InChI is InChI=1S/C11H20N2O2/c1-2-13-11(7-12)9-15-8-10-3-5-14-6-4-10/h10-11,13H,2-6,8-9H2,1H3. The minimum absolute atomic E-state index is 0.171. The monoisotopic (exact) mass is 212 g/mol. The van der Waals surface area contributed by atoms with Crippen LogP contribution in [-0.4, -0.2) is 39.0 Å². The van der Waals surface area contributed by atoms with Crippen molar-refractivity contribution >= 4 is 0 Å². The molecule has 86 valence electrons. The lowest BCUT2D eigenvalue weighted by Crippen LogP contribution is -2.33. The number of nitrogens with one attached hydrogen (secondary N) is 1. The first-order chi connectivity index (χ1) is 7.36. The lowest BCUT2D eigenvalue weighted by molar-refractivity contribution is 0.0184. The maximum Gasteiger partial charge on any atom is 0.119 e. The van der Waals surface area contributed by atoms with Crippen LogP contribution in [0.2, 0.25) is 0 Å². The Kier molecular flexibility index (Phi) is 6.33. The molecular weight excluding hydrogens is 192 g/mol. The topological polar surface area (TPSA) is 54.3 Å². The van der Waals surface area contributed by atoms with Crippen LogP contribution in [0, 0.1) is 17.2 Å². The van der Waals surface area contributed by atoms with Gasteiger partial charge in [0.25, 0.3) is 0 Å². The largest absolute Gasteiger partial charge is 0.381 e. The van der Waals surface area contributed by atoms with Crippen LogP contribution >= 0.6 is 0 Å². The smallest absolute Gasteiger partial charge is 0.119 e. The van der Waals surface area contributed by atoms with Crippen molar-refractivity contribution in [2.75, 3.05) is 33.0 Å².